The monoisotopic (exact) mass is 252 g/mol. The highest BCUT2D eigenvalue weighted by atomic mass is 19.2. The lowest BCUT2D eigenvalue weighted by atomic mass is 10.1. The van der Waals surface area contributed by atoms with Crippen LogP contribution in [0.25, 0.3) is 6.08 Å². The summed E-state index contributed by atoms with van der Waals surface area (Å²) in [5.41, 5.74) is -1.09. The molecule has 2 nitrogen and oxygen atoms in total. The molecule has 1 aromatic rings. The molecule has 0 heterocycles. The number of halogens is 5. The lowest BCUT2D eigenvalue weighted by Crippen LogP contribution is -2.04. The van der Waals surface area contributed by atoms with Gasteiger partial charge in [0.25, 0.3) is 6.47 Å². The Kier molecular flexibility index (Phi) is 4.19. The third-order valence-electron chi connectivity index (χ3n) is 1.79. The Balaban J connectivity index is 3.16. The number of benzene rings is 1. The van der Waals surface area contributed by atoms with Gasteiger partial charge in [-0.2, -0.15) is 0 Å². The lowest BCUT2D eigenvalue weighted by molar-refractivity contribution is -0.127. The fraction of sp³-hybridized carbons (Fsp3) is 0.100. The minimum Gasteiger partial charge on any atom is -0.464 e. The molecule has 0 amide bonds. The minimum absolute atomic E-state index is 0.0723. The molecule has 0 bridgehead atoms. The number of rotatable bonds is 4. The molecule has 92 valence electrons. The first kappa shape index (κ1) is 13.1. The highest BCUT2D eigenvalue weighted by Crippen LogP contribution is 2.23. The van der Waals surface area contributed by atoms with E-state index in [1.807, 2.05) is 0 Å². The summed E-state index contributed by atoms with van der Waals surface area (Å²) in [5.74, 6) is -10.2. The molecule has 0 saturated heterocycles. The summed E-state index contributed by atoms with van der Waals surface area (Å²) in [5, 5.41) is 0. The van der Waals surface area contributed by atoms with Gasteiger partial charge >= 0.3 is 0 Å². The van der Waals surface area contributed by atoms with Crippen molar-refractivity contribution in [3.63, 3.8) is 0 Å². The molecule has 0 radical (unpaired) electrons. The average Bonchev–Trinajstić information content (AvgIpc) is 2.33. The number of carbonyl (C=O) groups is 1. The SMILES string of the molecule is O=COCC=Cc1c(F)c(F)c(F)c(F)c1F. The topological polar surface area (TPSA) is 26.3 Å². The first-order chi connectivity index (χ1) is 8.00. The zero-order valence-electron chi connectivity index (χ0n) is 8.15. The van der Waals surface area contributed by atoms with E-state index >= 15 is 0 Å². The van der Waals surface area contributed by atoms with Gasteiger partial charge in [0.1, 0.15) is 6.61 Å². The van der Waals surface area contributed by atoms with Crippen molar-refractivity contribution in [2.75, 3.05) is 6.61 Å². The molecule has 7 heteroatoms. The van der Waals surface area contributed by atoms with Crippen molar-refractivity contribution in [2.24, 2.45) is 0 Å². The van der Waals surface area contributed by atoms with E-state index in [1.165, 1.54) is 0 Å². The molecule has 0 aromatic heterocycles. The van der Waals surface area contributed by atoms with Gasteiger partial charge in [-0.05, 0) is 12.2 Å². The van der Waals surface area contributed by atoms with E-state index in [9.17, 15) is 26.7 Å². The van der Waals surface area contributed by atoms with Crippen molar-refractivity contribution in [3.05, 3.63) is 40.7 Å². The van der Waals surface area contributed by atoms with E-state index in [0.717, 1.165) is 6.08 Å². The van der Waals surface area contributed by atoms with Crippen LogP contribution in [0.1, 0.15) is 5.56 Å². The van der Waals surface area contributed by atoms with E-state index in [1.54, 1.807) is 0 Å². The molecule has 1 aromatic carbocycles. The molecule has 0 fully saturated rings. The molecule has 0 saturated carbocycles. The van der Waals surface area contributed by atoms with Crippen molar-refractivity contribution in [1.29, 1.82) is 0 Å². The molecule has 0 N–H and O–H groups in total. The van der Waals surface area contributed by atoms with E-state index in [4.69, 9.17) is 0 Å². The Bertz CT molecular complexity index is 441. The molecule has 1 rings (SSSR count). The van der Waals surface area contributed by atoms with E-state index < -0.39 is 34.6 Å². The first-order valence-electron chi connectivity index (χ1n) is 4.24. The van der Waals surface area contributed by atoms with E-state index in [0.29, 0.717) is 6.08 Å². The summed E-state index contributed by atoms with van der Waals surface area (Å²) in [7, 11) is 0. The summed E-state index contributed by atoms with van der Waals surface area (Å²) < 4.78 is 68.2. The highest BCUT2D eigenvalue weighted by molar-refractivity contribution is 5.52. The Hall–Kier alpha value is -1.92. The van der Waals surface area contributed by atoms with Gasteiger partial charge in [0, 0.05) is 0 Å². The van der Waals surface area contributed by atoms with Crippen LogP contribution >= 0.6 is 0 Å². The second-order valence-electron chi connectivity index (χ2n) is 2.82. The van der Waals surface area contributed by atoms with E-state index in [2.05, 4.69) is 4.74 Å². The molecule has 0 aliphatic heterocycles. The zero-order chi connectivity index (χ0) is 13.0. The van der Waals surface area contributed by atoms with Crippen molar-refractivity contribution >= 4 is 12.5 Å². The van der Waals surface area contributed by atoms with Gasteiger partial charge in [-0.25, -0.2) is 22.0 Å². The Morgan fingerprint density at radius 3 is 1.82 bits per heavy atom. The Morgan fingerprint density at radius 1 is 0.882 bits per heavy atom. The van der Waals surface area contributed by atoms with Gasteiger partial charge in [-0.3, -0.25) is 4.79 Å². The van der Waals surface area contributed by atoms with Gasteiger partial charge in [0.15, 0.2) is 23.3 Å². The van der Waals surface area contributed by atoms with Crippen molar-refractivity contribution in [1.82, 2.24) is 0 Å². The highest BCUT2D eigenvalue weighted by Gasteiger charge is 2.23. The molecular formula is C10H5F5O2. The van der Waals surface area contributed by atoms with Crippen LogP contribution in [0, 0.1) is 29.1 Å². The van der Waals surface area contributed by atoms with Crippen LogP contribution in [0.4, 0.5) is 22.0 Å². The largest absolute Gasteiger partial charge is 0.464 e. The number of hydrogen-bond donors (Lipinski definition) is 0. The summed E-state index contributed by atoms with van der Waals surface area (Å²) in [6.07, 6.45) is 1.58. The molecule has 0 atom stereocenters. The standard InChI is InChI=1S/C10H5F5O2/c11-6-5(2-1-3-17-4-16)7(12)9(14)10(15)8(6)13/h1-2,4H,3H2. The van der Waals surface area contributed by atoms with Gasteiger partial charge in [-0.15, -0.1) is 0 Å². The van der Waals surface area contributed by atoms with E-state index in [-0.39, 0.29) is 13.1 Å². The maximum absolute atomic E-state index is 13.0. The molecule has 17 heavy (non-hydrogen) atoms. The van der Waals surface area contributed by atoms with Crippen molar-refractivity contribution in [2.45, 2.75) is 0 Å². The zero-order valence-corrected chi connectivity index (χ0v) is 8.15. The van der Waals surface area contributed by atoms with Crippen LogP contribution in [0.3, 0.4) is 0 Å². The summed E-state index contributed by atoms with van der Waals surface area (Å²) in [6.45, 7) is -0.272. The van der Waals surface area contributed by atoms with Gasteiger partial charge < -0.3 is 4.74 Å². The van der Waals surface area contributed by atoms with Crippen molar-refractivity contribution < 1.29 is 31.5 Å². The van der Waals surface area contributed by atoms with Crippen LogP contribution in [-0.2, 0) is 9.53 Å². The third kappa shape index (κ3) is 2.61. The maximum atomic E-state index is 13.0. The number of carbonyl (C=O) groups excluding carboxylic acids is 1. The lowest BCUT2D eigenvalue weighted by Gasteiger charge is -2.03. The van der Waals surface area contributed by atoms with Gasteiger partial charge in [0.2, 0.25) is 5.82 Å². The molecular weight excluding hydrogens is 247 g/mol. The predicted octanol–water partition coefficient (Wildman–Crippen LogP) is 2.57. The van der Waals surface area contributed by atoms with Crippen molar-refractivity contribution in [3.8, 4) is 0 Å². The summed E-state index contributed by atoms with van der Waals surface area (Å²) in [4.78, 5) is 9.73. The second-order valence-corrected chi connectivity index (χ2v) is 2.82. The van der Waals surface area contributed by atoms with Crippen LogP contribution < -0.4 is 0 Å². The molecule has 0 spiro atoms. The van der Waals surface area contributed by atoms with Crippen LogP contribution in [0.15, 0.2) is 6.08 Å². The normalized spacial score (nSPS) is 10.9. The summed E-state index contributed by atoms with van der Waals surface area (Å²) >= 11 is 0. The van der Waals surface area contributed by atoms with Gasteiger partial charge in [-0.1, -0.05) is 0 Å². The fourth-order valence-corrected chi connectivity index (χ4v) is 1.03. The number of ether oxygens (including phenoxy) is 1. The summed E-state index contributed by atoms with van der Waals surface area (Å²) in [6, 6.07) is 0. The average molecular weight is 252 g/mol. The first-order valence-corrected chi connectivity index (χ1v) is 4.24. The Labute approximate surface area is 92.3 Å². The molecule has 0 unspecified atom stereocenters. The maximum Gasteiger partial charge on any atom is 0.293 e. The second kappa shape index (κ2) is 5.42. The predicted molar refractivity (Wildman–Crippen MR) is 47.3 cm³/mol. The van der Waals surface area contributed by atoms with Gasteiger partial charge in [0.05, 0.1) is 5.56 Å². The molecule has 0 aliphatic rings. The quantitative estimate of drug-likeness (QED) is 0.270. The third-order valence-corrected chi connectivity index (χ3v) is 1.79. The minimum atomic E-state index is -2.22. The smallest absolute Gasteiger partial charge is 0.293 e. The van der Waals surface area contributed by atoms with Crippen LogP contribution in [0.2, 0.25) is 0 Å². The van der Waals surface area contributed by atoms with Crippen LogP contribution in [-0.4, -0.2) is 13.1 Å². The number of hydrogen-bond acceptors (Lipinski definition) is 2. The van der Waals surface area contributed by atoms with Crippen LogP contribution in [0.5, 0.6) is 0 Å². The molecule has 0 aliphatic carbocycles. The fourth-order valence-electron chi connectivity index (χ4n) is 1.03. The Morgan fingerprint density at radius 2 is 1.35 bits per heavy atom.